The SMILES string of the molecule is CC(CC1CCC1)(C(=O)O)N1CCCC1. The Morgan fingerprint density at radius 1 is 1.33 bits per heavy atom. The van der Waals surface area contributed by atoms with Crippen LogP contribution >= 0.6 is 0 Å². The summed E-state index contributed by atoms with van der Waals surface area (Å²) in [6.07, 6.45) is 6.93. The van der Waals surface area contributed by atoms with Crippen LogP contribution in [0.1, 0.15) is 45.4 Å². The standard InChI is InChI=1S/C12H21NO2/c1-12(11(14)15,9-10-5-4-6-10)13-7-2-3-8-13/h10H,2-9H2,1H3,(H,14,15). The van der Waals surface area contributed by atoms with Crippen molar-refractivity contribution >= 4 is 5.97 Å². The highest BCUT2D eigenvalue weighted by Gasteiger charge is 2.43. The summed E-state index contributed by atoms with van der Waals surface area (Å²) in [7, 11) is 0. The van der Waals surface area contributed by atoms with E-state index in [1.165, 1.54) is 19.3 Å². The highest BCUT2D eigenvalue weighted by Crippen LogP contribution is 2.37. The van der Waals surface area contributed by atoms with Crippen molar-refractivity contribution < 1.29 is 9.90 Å². The lowest BCUT2D eigenvalue weighted by atomic mass is 9.76. The van der Waals surface area contributed by atoms with Crippen molar-refractivity contribution in [2.75, 3.05) is 13.1 Å². The minimum atomic E-state index is -0.628. The predicted molar refractivity (Wildman–Crippen MR) is 58.8 cm³/mol. The van der Waals surface area contributed by atoms with Gasteiger partial charge in [0.25, 0.3) is 0 Å². The zero-order valence-corrected chi connectivity index (χ0v) is 9.54. The summed E-state index contributed by atoms with van der Waals surface area (Å²) in [5, 5.41) is 9.42. The number of carboxylic acid groups (broad SMARTS) is 1. The van der Waals surface area contributed by atoms with E-state index in [-0.39, 0.29) is 0 Å². The van der Waals surface area contributed by atoms with E-state index in [4.69, 9.17) is 0 Å². The molecule has 0 aromatic carbocycles. The average Bonchev–Trinajstić information content (AvgIpc) is 2.63. The summed E-state index contributed by atoms with van der Waals surface area (Å²) in [5.74, 6) is 0.0306. The molecule has 0 radical (unpaired) electrons. The molecule has 1 heterocycles. The molecule has 0 amide bonds. The molecular weight excluding hydrogens is 190 g/mol. The van der Waals surface area contributed by atoms with Crippen molar-refractivity contribution in [3.05, 3.63) is 0 Å². The Morgan fingerprint density at radius 3 is 2.33 bits per heavy atom. The number of nitrogens with zero attached hydrogens (tertiary/aromatic N) is 1. The van der Waals surface area contributed by atoms with Crippen LogP contribution < -0.4 is 0 Å². The van der Waals surface area contributed by atoms with Crippen molar-refractivity contribution in [3.63, 3.8) is 0 Å². The molecule has 0 aromatic heterocycles. The monoisotopic (exact) mass is 211 g/mol. The number of hydrogen-bond acceptors (Lipinski definition) is 2. The topological polar surface area (TPSA) is 40.5 Å². The van der Waals surface area contributed by atoms with Gasteiger partial charge in [0.2, 0.25) is 0 Å². The zero-order chi connectivity index (χ0) is 10.9. The molecule has 3 nitrogen and oxygen atoms in total. The Hall–Kier alpha value is -0.570. The van der Waals surface area contributed by atoms with E-state index >= 15 is 0 Å². The summed E-state index contributed by atoms with van der Waals surface area (Å²) >= 11 is 0. The summed E-state index contributed by atoms with van der Waals surface area (Å²) < 4.78 is 0. The number of rotatable bonds is 4. The summed E-state index contributed by atoms with van der Waals surface area (Å²) in [6, 6.07) is 0. The number of likely N-dealkylation sites (tertiary alicyclic amines) is 1. The fourth-order valence-electron chi connectivity index (χ4n) is 2.82. The summed E-state index contributed by atoms with van der Waals surface area (Å²) in [5.41, 5.74) is -0.596. The maximum absolute atomic E-state index is 11.4. The van der Waals surface area contributed by atoms with E-state index in [1.54, 1.807) is 0 Å². The van der Waals surface area contributed by atoms with Crippen LogP contribution in [0.4, 0.5) is 0 Å². The van der Waals surface area contributed by atoms with Gasteiger partial charge in [-0.2, -0.15) is 0 Å². The predicted octanol–water partition coefficient (Wildman–Crippen LogP) is 2.12. The summed E-state index contributed by atoms with van der Waals surface area (Å²) in [6.45, 7) is 3.85. The van der Waals surface area contributed by atoms with Gasteiger partial charge in [-0.1, -0.05) is 19.3 Å². The largest absolute Gasteiger partial charge is 0.480 e. The fourth-order valence-corrected chi connectivity index (χ4v) is 2.82. The normalized spacial score (nSPS) is 27.3. The first-order valence-electron chi connectivity index (χ1n) is 6.11. The van der Waals surface area contributed by atoms with Crippen LogP contribution in [0, 0.1) is 5.92 Å². The van der Waals surface area contributed by atoms with E-state index < -0.39 is 11.5 Å². The second-order valence-corrected chi connectivity index (χ2v) is 5.27. The molecule has 1 aliphatic heterocycles. The van der Waals surface area contributed by atoms with Gasteiger partial charge in [-0.25, -0.2) is 0 Å². The molecule has 2 fully saturated rings. The van der Waals surface area contributed by atoms with Gasteiger partial charge in [0.05, 0.1) is 0 Å². The Morgan fingerprint density at radius 2 is 1.93 bits per heavy atom. The third-order valence-electron chi connectivity index (χ3n) is 4.18. The van der Waals surface area contributed by atoms with Crippen LogP contribution in [-0.2, 0) is 4.79 Å². The van der Waals surface area contributed by atoms with E-state index in [0.29, 0.717) is 5.92 Å². The first-order valence-corrected chi connectivity index (χ1v) is 6.11. The first-order chi connectivity index (χ1) is 7.13. The van der Waals surface area contributed by atoms with Gasteiger partial charge < -0.3 is 5.11 Å². The number of hydrogen-bond donors (Lipinski definition) is 1. The molecule has 15 heavy (non-hydrogen) atoms. The van der Waals surface area contributed by atoms with E-state index in [0.717, 1.165) is 32.4 Å². The lowest BCUT2D eigenvalue weighted by Gasteiger charge is -2.40. The molecule has 2 rings (SSSR count). The van der Waals surface area contributed by atoms with Crippen molar-refractivity contribution in [3.8, 4) is 0 Å². The lowest BCUT2D eigenvalue weighted by Crippen LogP contribution is -2.52. The van der Waals surface area contributed by atoms with Gasteiger partial charge in [-0.3, -0.25) is 9.69 Å². The Kier molecular flexibility index (Phi) is 3.01. The number of aliphatic carboxylic acids is 1. The molecule has 1 saturated heterocycles. The van der Waals surface area contributed by atoms with Crippen LogP contribution in [0.3, 0.4) is 0 Å². The minimum absolute atomic E-state index is 0.596. The zero-order valence-electron chi connectivity index (χ0n) is 9.54. The Labute approximate surface area is 91.5 Å². The van der Waals surface area contributed by atoms with Crippen molar-refractivity contribution in [1.82, 2.24) is 4.90 Å². The smallest absolute Gasteiger partial charge is 0.323 e. The third-order valence-corrected chi connectivity index (χ3v) is 4.18. The third kappa shape index (κ3) is 2.03. The molecule has 3 heteroatoms. The molecule has 0 spiro atoms. The molecule has 1 unspecified atom stereocenters. The summed E-state index contributed by atoms with van der Waals surface area (Å²) in [4.78, 5) is 13.6. The van der Waals surface area contributed by atoms with Gasteiger partial charge in [0.1, 0.15) is 5.54 Å². The number of carboxylic acids is 1. The molecule has 86 valence electrons. The second kappa shape index (κ2) is 4.12. The minimum Gasteiger partial charge on any atom is -0.480 e. The molecule has 1 atom stereocenters. The van der Waals surface area contributed by atoms with Crippen LogP contribution in [0.15, 0.2) is 0 Å². The molecule has 2 aliphatic rings. The van der Waals surface area contributed by atoms with Crippen molar-refractivity contribution in [1.29, 1.82) is 0 Å². The van der Waals surface area contributed by atoms with Gasteiger partial charge in [0.15, 0.2) is 0 Å². The van der Waals surface area contributed by atoms with Crippen LogP contribution in [0.25, 0.3) is 0 Å². The Balaban J connectivity index is 2.03. The molecule has 1 N–H and O–H groups in total. The first kappa shape index (κ1) is 10.9. The van der Waals surface area contributed by atoms with E-state index in [1.807, 2.05) is 6.92 Å². The van der Waals surface area contributed by atoms with Crippen LogP contribution in [0.5, 0.6) is 0 Å². The molecule has 0 aromatic rings. The second-order valence-electron chi connectivity index (χ2n) is 5.27. The van der Waals surface area contributed by atoms with Gasteiger partial charge in [0, 0.05) is 0 Å². The number of carbonyl (C=O) groups is 1. The van der Waals surface area contributed by atoms with Crippen molar-refractivity contribution in [2.45, 2.75) is 51.0 Å². The van der Waals surface area contributed by atoms with Gasteiger partial charge in [-0.15, -0.1) is 0 Å². The fraction of sp³-hybridized carbons (Fsp3) is 0.917. The van der Waals surface area contributed by atoms with Gasteiger partial charge >= 0.3 is 5.97 Å². The average molecular weight is 211 g/mol. The van der Waals surface area contributed by atoms with Crippen LogP contribution in [-0.4, -0.2) is 34.6 Å². The molecular formula is C12H21NO2. The lowest BCUT2D eigenvalue weighted by molar-refractivity contribution is -0.151. The molecule has 1 saturated carbocycles. The van der Waals surface area contributed by atoms with E-state index in [9.17, 15) is 9.90 Å². The van der Waals surface area contributed by atoms with Crippen molar-refractivity contribution in [2.24, 2.45) is 5.92 Å². The van der Waals surface area contributed by atoms with Crippen LogP contribution in [0.2, 0.25) is 0 Å². The maximum Gasteiger partial charge on any atom is 0.323 e. The molecule has 1 aliphatic carbocycles. The highest BCUT2D eigenvalue weighted by molar-refractivity contribution is 5.78. The van der Waals surface area contributed by atoms with Gasteiger partial charge in [-0.05, 0) is 45.2 Å². The Bertz CT molecular complexity index is 244. The highest BCUT2D eigenvalue weighted by atomic mass is 16.4. The molecule has 0 bridgehead atoms. The van der Waals surface area contributed by atoms with E-state index in [2.05, 4.69) is 4.90 Å². The maximum atomic E-state index is 11.4. The quantitative estimate of drug-likeness (QED) is 0.774.